The minimum Gasteiger partial charge on any atom is -0.396 e. The number of carbonyl (C=O) groups excluding carboxylic acids is 7. The molecule has 1 saturated heterocycles. The van der Waals surface area contributed by atoms with Crippen LogP contribution in [0.15, 0.2) is 115 Å². The van der Waals surface area contributed by atoms with Gasteiger partial charge in [0.25, 0.3) is 0 Å². The second-order valence-corrected chi connectivity index (χ2v) is 21.6. The minimum absolute atomic E-state index is 0. The van der Waals surface area contributed by atoms with Gasteiger partial charge in [0.05, 0.1) is 0 Å². The number of Topliss-reactive ketones (excluding diaryl/α,β-unsaturated/α-hetero) is 7. The fourth-order valence-corrected chi connectivity index (χ4v) is 6.49. The molecule has 0 radical (unpaired) electrons. The molecule has 1 aromatic rings. The van der Waals surface area contributed by atoms with E-state index in [0.717, 1.165) is 66.8 Å². The van der Waals surface area contributed by atoms with Crippen LogP contribution in [-0.2, 0) is 40.0 Å². The number of hydrogen-bond donors (Lipinski definition) is 1. The number of likely N-dealkylation sites (N-methyl/N-ethyl adjacent to an activating group) is 1. The lowest BCUT2D eigenvalue weighted by Crippen LogP contribution is -2.33. The third-order valence-corrected chi connectivity index (χ3v) is 11.4. The van der Waals surface area contributed by atoms with E-state index < -0.39 is 0 Å². The number of piperidine rings is 1. The van der Waals surface area contributed by atoms with Crippen molar-refractivity contribution in [1.29, 1.82) is 0 Å². The first-order valence-electron chi connectivity index (χ1n) is 27.6. The van der Waals surface area contributed by atoms with E-state index in [4.69, 9.17) is 5.11 Å². The summed E-state index contributed by atoms with van der Waals surface area (Å²) in [7, 11) is 3.86. The zero-order valence-corrected chi connectivity index (χ0v) is 51.8. The van der Waals surface area contributed by atoms with Crippen LogP contribution in [0.3, 0.4) is 0 Å². The molecule has 0 unspecified atom stereocenters. The van der Waals surface area contributed by atoms with Crippen molar-refractivity contribution in [2.45, 2.75) is 184 Å². The number of likely N-dealkylation sites (tertiary alicyclic amines) is 1. The van der Waals surface area contributed by atoms with Crippen molar-refractivity contribution in [1.82, 2.24) is 9.80 Å². The van der Waals surface area contributed by atoms with Crippen molar-refractivity contribution in [2.24, 2.45) is 41.4 Å². The summed E-state index contributed by atoms with van der Waals surface area (Å²) >= 11 is 0. The molecule has 10 nitrogen and oxygen atoms in total. The van der Waals surface area contributed by atoms with E-state index in [1.165, 1.54) is 19.3 Å². The first kappa shape index (κ1) is 86.8. The molecular formula is C68H118N2O8. The molecule has 1 N–H and O–H groups in total. The number of rotatable bonds is 25. The molecule has 1 aliphatic rings. The molecule has 0 bridgehead atoms. The van der Waals surface area contributed by atoms with E-state index in [9.17, 15) is 33.6 Å². The number of aliphatic hydroxyl groups excluding tert-OH is 1. The Labute approximate surface area is 480 Å². The maximum Gasteiger partial charge on any atom is 0.162 e. The summed E-state index contributed by atoms with van der Waals surface area (Å²) in [6.45, 7) is 61.9. The van der Waals surface area contributed by atoms with Crippen LogP contribution in [0.25, 0.3) is 0 Å². The second-order valence-electron chi connectivity index (χ2n) is 21.6. The van der Waals surface area contributed by atoms with E-state index in [2.05, 4.69) is 51.0 Å². The summed E-state index contributed by atoms with van der Waals surface area (Å²) in [5.41, 5.74) is 6.07. The van der Waals surface area contributed by atoms with E-state index in [0.29, 0.717) is 36.1 Å². The first-order valence-corrected chi connectivity index (χ1v) is 27.6. The zero-order chi connectivity index (χ0) is 60.6. The van der Waals surface area contributed by atoms with E-state index >= 15 is 0 Å². The maximum absolute atomic E-state index is 11.6. The molecule has 0 amide bonds. The van der Waals surface area contributed by atoms with Crippen LogP contribution in [0, 0.1) is 41.4 Å². The van der Waals surface area contributed by atoms with Crippen molar-refractivity contribution >= 4 is 40.5 Å². The predicted molar refractivity (Wildman–Crippen MR) is 338 cm³/mol. The highest BCUT2D eigenvalue weighted by atomic mass is 16.3. The molecule has 0 spiro atoms. The molecule has 1 aromatic carbocycles. The predicted octanol–water partition coefficient (Wildman–Crippen LogP) is 15.5. The normalized spacial score (nSPS) is 11.3. The number of benzene rings is 1. The average Bonchev–Trinajstić information content (AvgIpc) is 3.37. The van der Waals surface area contributed by atoms with E-state index in [1.807, 2.05) is 167 Å². The SMILES string of the molecule is C.C.C=C(CC)C(=O)C(C)C.C=C(CC)C(=O)C(C)C.C=C(CC)C(=O)C(C)C.C=C(CCO)C(=O)C(C)C.C=C(CN(C)C)C(=O)C(C)C.C=C(CN1CCCCC1)C(=O)C(C)C.C=C(Cc1ccccc1)C(=O)C(C)C. The summed E-state index contributed by atoms with van der Waals surface area (Å²) in [5, 5.41) is 8.45. The highest BCUT2D eigenvalue weighted by Crippen LogP contribution is 2.14. The molecule has 1 fully saturated rings. The lowest BCUT2D eigenvalue weighted by atomic mass is 9.97. The molecule has 448 valence electrons. The van der Waals surface area contributed by atoms with Crippen molar-refractivity contribution in [2.75, 3.05) is 46.9 Å². The number of allylic oxidation sites excluding steroid dienone is 4. The highest BCUT2D eigenvalue weighted by molar-refractivity contribution is 5.98. The number of ketones is 7. The van der Waals surface area contributed by atoms with Gasteiger partial charge in [0.15, 0.2) is 40.5 Å². The van der Waals surface area contributed by atoms with Gasteiger partial charge in [-0.25, -0.2) is 0 Å². The van der Waals surface area contributed by atoms with E-state index in [-0.39, 0.29) is 103 Å². The van der Waals surface area contributed by atoms with Gasteiger partial charge in [0.2, 0.25) is 0 Å². The van der Waals surface area contributed by atoms with Crippen molar-refractivity contribution in [3.8, 4) is 0 Å². The zero-order valence-electron chi connectivity index (χ0n) is 51.8. The molecule has 0 aliphatic carbocycles. The van der Waals surface area contributed by atoms with Crippen molar-refractivity contribution in [3.63, 3.8) is 0 Å². The van der Waals surface area contributed by atoms with Gasteiger partial charge in [0, 0.05) is 78.7 Å². The maximum atomic E-state index is 11.6. The van der Waals surface area contributed by atoms with Crippen LogP contribution < -0.4 is 0 Å². The fourth-order valence-electron chi connectivity index (χ4n) is 6.49. The third kappa shape index (κ3) is 44.9. The molecular weight excluding hydrogens is 973 g/mol. The Bertz CT molecular complexity index is 1910. The summed E-state index contributed by atoms with van der Waals surface area (Å²) in [6, 6.07) is 9.94. The molecule has 1 aliphatic heterocycles. The summed E-state index contributed by atoms with van der Waals surface area (Å²) in [4.78, 5) is 82.6. The lowest BCUT2D eigenvalue weighted by molar-refractivity contribution is -0.119. The number of hydrogen-bond acceptors (Lipinski definition) is 10. The standard InChI is InChI=1S/C13H16O.C12H21NO.C9H17NO.C8H14O2.3C8H14O.2CH4/c1-10(2)13(14)11(3)9-12-7-5-4-6-8-12;1-10(2)12(14)11(3)9-13-7-5-4-6-8-13;1-7(2)9(11)8(3)6-10(4)5;1-6(2)8(10)7(3)4-5-9;3*1-5-7(4)8(9)6(2)3;;/h4-8,10H,3,9H2,1-2H3;10H,3-9H2,1-2H3;7H,3,6H2,1-2,4-5H3;6,9H,3-5H2,1-2H3;3*6H,4-5H2,1-3H3;2*1H4. The van der Waals surface area contributed by atoms with Gasteiger partial charge in [-0.15, -0.1) is 0 Å². The Hall–Kier alpha value is -5.03. The topological polar surface area (TPSA) is 146 Å². The number of aliphatic hydroxyl groups is 1. The molecule has 0 atom stereocenters. The first-order chi connectivity index (χ1) is 35.0. The van der Waals surface area contributed by atoms with Crippen molar-refractivity contribution < 1.29 is 38.7 Å². The van der Waals surface area contributed by atoms with Gasteiger partial charge < -0.3 is 10.0 Å². The molecule has 10 heteroatoms. The molecule has 0 aromatic heterocycles. The molecule has 1 heterocycles. The highest BCUT2D eigenvalue weighted by Gasteiger charge is 2.17. The van der Waals surface area contributed by atoms with Gasteiger partial charge in [-0.2, -0.15) is 0 Å². The number of nitrogens with zero attached hydrogens (tertiary/aromatic N) is 2. The van der Waals surface area contributed by atoms with Crippen LogP contribution in [-0.4, -0.2) is 102 Å². The monoisotopic (exact) mass is 1090 g/mol. The van der Waals surface area contributed by atoms with Crippen LogP contribution in [0.1, 0.15) is 183 Å². The Morgan fingerprint density at radius 1 is 0.449 bits per heavy atom. The largest absolute Gasteiger partial charge is 0.396 e. The van der Waals surface area contributed by atoms with Crippen LogP contribution in [0.4, 0.5) is 0 Å². The Morgan fingerprint density at radius 3 is 1.00 bits per heavy atom. The van der Waals surface area contributed by atoms with Gasteiger partial charge >= 0.3 is 0 Å². The summed E-state index contributed by atoms with van der Waals surface area (Å²) in [5.74, 6) is 1.71. The minimum atomic E-state index is -0.000880. The summed E-state index contributed by atoms with van der Waals surface area (Å²) in [6.07, 6.45) is 7.26. The summed E-state index contributed by atoms with van der Waals surface area (Å²) < 4.78 is 0. The Balaban J connectivity index is -0.000000152. The van der Waals surface area contributed by atoms with Gasteiger partial charge in [-0.3, -0.25) is 38.5 Å². The van der Waals surface area contributed by atoms with Crippen LogP contribution >= 0.6 is 0 Å². The number of carbonyl (C=O) groups is 7. The fraction of sp³-hybridized carbons (Fsp3) is 0.603. The van der Waals surface area contributed by atoms with Crippen molar-refractivity contribution in [3.05, 3.63) is 121 Å². The quantitative estimate of drug-likeness (QED) is 0.0939. The smallest absolute Gasteiger partial charge is 0.162 e. The van der Waals surface area contributed by atoms with E-state index in [1.54, 1.807) is 0 Å². The molecule has 2 rings (SSSR count). The molecule has 78 heavy (non-hydrogen) atoms. The molecule has 0 saturated carbocycles. The lowest BCUT2D eigenvalue weighted by Gasteiger charge is -2.27. The Kier molecular flexibility index (Phi) is 55.9. The third-order valence-electron chi connectivity index (χ3n) is 11.4. The van der Waals surface area contributed by atoms with Gasteiger partial charge in [-0.1, -0.05) is 215 Å². The van der Waals surface area contributed by atoms with Gasteiger partial charge in [0.1, 0.15) is 0 Å². The average molecular weight is 1090 g/mol. The van der Waals surface area contributed by atoms with Crippen LogP contribution in [0.2, 0.25) is 0 Å². The Morgan fingerprint density at radius 2 is 0.731 bits per heavy atom. The van der Waals surface area contributed by atoms with Gasteiger partial charge in [-0.05, 0) is 99.1 Å². The van der Waals surface area contributed by atoms with Crippen LogP contribution in [0.5, 0.6) is 0 Å². The second kappa shape index (κ2) is 50.2.